The third-order valence-corrected chi connectivity index (χ3v) is 12.5. The van der Waals surface area contributed by atoms with E-state index in [0.717, 1.165) is 103 Å². The van der Waals surface area contributed by atoms with E-state index < -0.39 is 24.1 Å². The van der Waals surface area contributed by atoms with Crippen molar-refractivity contribution >= 4 is 49.7 Å². The fourth-order valence-corrected chi connectivity index (χ4v) is 9.77. The normalized spacial score (nSPS) is 33.2. The van der Waals surface area contributed by atoms with E-state index in [1.807, 2.05) is 12.2 Å². The molecule has 0 saturated heterocycles. The molecular formula is C44H70CaO8. The van der Waals surface area contributed by atoms with Crippen LogP contribution in [0.2, 0.25) is 0 Å². The Balaban J connectivity index is 0.000000360. The first kappa shape index (κ1) is 48.1. The van der Waals surface area contributed by atoms with Crippen molar-refractivity contribution in [1.82, 2.24) is 0 Å². The molecule has 4 rings (SSSR count). The van der Waals surface area contributed by atoms with Crippen LogP contribution in [0, 0.1) is 34.5 Å². The molecule has 0 aromatic heterocycles. The number of aliphatic hydroxyl groups excluding tert-OH is 4. The maximum atomic E-state index is 10.5. The Labute approximate surface area is 350 Å². The van der Waals surface area contributed by atoms with E-state index in [2.05, 4.69) is 52.0 Å². The van der Waals surface area contributed by atoms with E-state index in [-0.39, 0.29) is 85.5 Å². The molecular weight excluding hydrogens is 697 g/mol. The van der Waals surface area contributed by atoms with Crippen LogP contribution in [0.15, 0.2) is 47.6 Å². The van der Waals surface area contributed by atoms with Gasteiger partial charge in [-0.05, 0) is 113 Å². The molecule has 296 valence electrons. The molecule has 0 amide bonds. The fraction of sp³-hybridized carbons (Fsp3) is 0.773. The van der Waals surface area contributed by atoms with Gasteiger partial charge in [0.15, 0.2) is 0 Å². The topological polar surface area (TPSA) is 161 Å². The average Bonchev–Trinajstić information content (AvgIpc) is 3.71. The van der Waals surface area contributed by atoms with Crippen molar-refractivity contribution in [2.75, 3.05) is 0 Å². The van der Waals surface area contributed by atoms with Gasteiger partial charge >= 0.3 is 37.7 Å². The molecule has 53 heavy (non-hydrogen) atoms. The first-order valence-electron chi connectivity index (χ1n) is 20.6. The summed E-state index contributed by atoms with van der Waals surface area (Å²) in [5.74, 6) is -0.938. The molecule has 4 aliphatic carbocycles. The number of unbranched alkanes of at least 4 members (excludes halogenated alkanes) is 6. The van der Waals surface area contributed by atoms with Gasteiger partial charge in [0, 0.05) is 23.8 Å². The average molecular weight is 767 g/mol. The number of carbonyl (C=O) groups excluding carboxylic acids is 2. The zero-order chi connectivity index (χ0) is 38.3. The fourth-order valence-electron chi connectivity index (χ4n) is 9.77. The molecule has 8 nitrogen and oxygen atoms in total. The second-order valence-electron chi connectivity index (χ2n) is 17.1. The van der Waals surface area contributed by atoms with E-state index in [1.165, 1.54) is 11.1 Å². The molecule has 4 N–H and O–H groups in total. The molecule has 4 aliphatic rings. The van der Waals surface area contributed by atoms with E-state index in [4.69, 9.17) is 0 Å². The van der Waals surface area contributed by atoms with Crippen molar-refractivity contribution in [2.24, 2.45) is 34.5 Å². The van der Waals surface area contributed by atoms with Crippen molar-refractivity contribution in [3.8, 4) is 0 Å². The maximum Gasteiger partial charge on any atom is 2.00 e. The third kappa shape index (κ3) is 15.5. The number of aliphatic hydroxyl groups is 4. The number of carboxylic acids is 2. The van der Waals surface area contributed by atoms with Crippen LogP contribution in [0.25, 0.3) is 0 Å². The number of hydrogen-bond donors (Lipinski definition) is 4. The van der Waals surface area contributed by atoms with Gasteiger partial charge in [0.25, 0.3) is 0 Å². The van der Waals surface area contributed by atoms with Crippen LogP contribution >= 0.6 is 0 Å². The zero-order valence-corrected chi connectivity index (χ0v) is 35.6. The van der Waals surface area contributed by atoms with Gasteiger partial charge in [-0.25, -0.2) is 0 Å². The van der Waals surface area contributed by atoms with Crippen LogP contribution < -0.4 is 10.2 Å². The summed E-state index contributed by atoms with van der Waals surface area (Å²) >= 11 is 0. The van der Waals surface area contributed by atoms with E-state index in [0.29, 0.717) is 24.7 Å². The summed E-state index contributed by atoms with van der Waals surface area (Å²) in [6.45, 7) is 8.83. The monoisotopic (exact) mass is 766 g/mol. The van der Waals surface area contributed by atoms with E-state index in [1.54, 1.807) is 0 Å². The Bertz CT molecular complexity index is 1150. The van der Waals surface area contributed by atoms with Crippen LogP contribution in [0.5, 0.6) is 0 Å². The van der Waals surface area contributed by atoms with Crippen LogP contribution in [0.3, 0.4) is 0 Å². The van der Waals surface area contributed by atoms with Crippen LogP contribution in [-0.4, -0.2) is 94.5 Å². The second-order valence-corrected chi connectivity index (χ2v) is 17.1. The molecule has 0 aliphatic heterocycles. The smallest absolute Gasteiger partial charge is 0.550 e. The number of hydrogen-bond acceptors (Lipinski definition) is 8. The Morgan fingerprint density at radius 3 is 1.42 bits per heavy atom. The van der Waals surface area contributed by atoms with Gasteiger partial charge in [-0.3, -0.25) is 0 Å². The van der Waals surface area contributed by atoms with Crippen molar-refractivity contribution in [2.45, 2.75) is 181 Å². The largest absolute Gasteiger partial charge is 2.00 e. The number of carboxylic acid groups (broad SMARTS) is 2. The minimum Gasteiger partial charge on any atom is -0.550 e. The molecule has 0 spiro atoms. The Morgan fingerprint density at radius 2 is 1.08 bits per heavy atom. The summed E-state index contributed by atoms with van der Waals surface area (Å²) in [4.78, 5) is 21.0. The van der Waals surface area contributed by atoms with Crippen molar-refractivity contribution < 1.29 is 40.2 Å². The van der Waals surface area contributed by atoms with E-state index >= 15 is 0 Å². The summed E-state index contributed by atoms with van der Waals surface area (Å²) in [6, 6.07) is 0. The molecule has 8 unspecified atom stereocenters. The van der Waals surface area contributed by atoms with Gasteiger partial charge in [-0.15, -0.1) is 0 Å². The molecule has 0 heterocycles. The standard InChI is InChI=1S/2C22H36O4.Ca/c2*1-3-4-5-9-17(23)11-12-18-19-13-16(8-6-7-10-21(25)26)14-22(19,2)15-20(18)24;/h2*8,11-12,17-20,23-24H,3-7,9-10,13-15H2,1-2H3,(H,25,26);/q;;+2/p-2/t2*17?,18?,19?,20?,22-;/m00./s1. The van der Waals surface area contributed by atoms with E-state index in [9.17, 15) is 40.2 Å². The molecule has 9 heteroatoms. The van der Waals surface area contributed by atoms with Gasteiger partial charge in [0.05, 0.1) is 24.4 Å². The predicted octanol–water partition coefficient (Wildman–Crippen LogP) is 5.87. The Morgan fingerprint density at radius 1 is 0.698 bits per heavy atom. The first-order chi connectivity index (χ1) is 24.7. The molecule has 10 atom stereocenters. The SMILES string of the molecule is CCCCCC(O)C=CC1C(O)C[C@]2(C)CC(=CCCCC(=O)[O-])CC12.CCCCCC(O)C=CC1C(O)C[C@]2(C)CC(=CCCCC(=O)[O-])CC12.[Ca+2]. The molecule has 0 aromatic carbocycles. The van der Waals surface area contributed by atoms with Gasteiger partial charge in [0.1, 0.15) is 0 Å². The van der Waals surface area contributed by atoms with Gasteiger partial charge in [-0.2, -0.15) is 0 Å². The van der Waals surface area contributed by atoms with Gasteiger partial charge < -0.3 is 40.2 Å². The van der Waals surface area contributed by atoms with Crippen molar-refractivity contribution in [1.29, 1.82) is 0 Å². The Kier molecular flexibility index (Phi) is 21.7. The molecule has 4 fully saturated rings. The minimum absolute atomic E-state index is 0. The minimum atomic E-state index is -0.982. The summed E-state index contributed by atoms with van der Waals surface area (Å²) < 4.78 is 0. The molecule has 0 radical (unpaired) electrons. The predicted molar refractivity (Wildman–Crippen MR) is 208 cm³/mol. The summed E-state index contributed by atoms with van der Waals surface area (Å²) in [5.41, 5.74) is 3.01. The zero-order valence-electron chi connectivity index (χ0n) is 33.4. The summed E-state index contributed by atoms with van der Waals surface area (Å²) in [5, 5.41) is 62.3. The summed E-state index contributed by atoms with van der Waals surface area (Å²) in [7, 11) is 0. The molecule has 0 aromatic rings. The number of allylic oxidation sites excluding steroid dienone is 4. The van der Waals surface area contributed by atoms with Crippen molar-refractivity contribution in [3.63, 3.8) is 0 Å². The summed E-state index contributed by atoms with van der Waals surface area (Å²) in [6.07, 6.45) is 27.6. The van der Waals surface area contributed by atoms with Crippen molar-refractivity contribution in [3.05, 3.63) is 47.6 Å². The van der Waals surface area contributed by atoms with Crippen LogP contribution in [0.4, 0.5) is 0 Å². The van der Waals surface area contributed by atoms with Gasteiger partial charge in [-0.1, -0.05) is 114 Å². The van der Waals surface area contributed by atoms with Crippen LogP contribution in [-0.2, 0) is 9.59 Å². The number of aliphatic carboxylic acids is 2. The first-order valence-corrected chi connectivity index (χ1v) is 20.6. The quantitative estimate of drug-likeness (QED) is 0.0680. The molecule has 4 saturated carbocycles. The number of carbonyl (C=O) groups is 2. The maximum absolute atomic E-state index is 10.5. The molecule has 0 bridgehead atoms. The van der Waals surface area contributed by atoms with Crippen LogP contribution in [0.1, 0.15) is 156 Å². The number of fused-ring (bicyclic) bond motifs is 2. The van der Waals surface area contributed by atoms with Gasteiger partial charge in [0.2, 0.25) is 0 Å². The third-order valence-electron chi connectivity index (χ3n) is 12.5. The second kappa shape index (κ2) is 23.9. The Hall–Kier alpha value is -1.00. The number of rotatable bonds is 20.